The Labute approximate surface area is 126 Å². The topological polar surface area (TPSA) is 26.3 Å². The normalized spacial score (nSPS) is 10.1. The molecule has 108 valence electrons. The Bertz CT molecular complexity index is 597. The van der Waals surface area contributed by atoms with Gasteiger partial charge in [0.05, 0.1) is 6.61 Å². The third-order valence-electron chi connectivity index (χ3n) is 3.25. The first kappa shape index (κ1) is 15.0. The summed E-state index contributed by atoms with van der Waals surface area (Å²) < 4.78 is 5.08. The number of esters is 1. The molecule has 2 aromatic carbocycles. The summed E-state index contributed by atoms with van der Waals surface area (Å²) in [5.74, 6) is -0.311. The second kappa shape index (κ2) is 7.44. The lowest BCUT2D eigenvalue weighted by Gasteiger charge is -2.06. The lowest BCUT2D eigenvalue weighted by Crippen LogP contribution is -2.06. The van der Waals surface area contributed by atoms with Crippen LogP contribution in [0.25, 0.3) is 11.1 Å². The number of hydrogen-bond donors (Lipinski definition) is 0. The first-order valence-corrected chi connectivity index (χ1v) is 7.14. The van der Waals surface area contributed by atoms with Crippen LogP contribution in [0.15, 0.2) is 66.7 Å². The van der Waals surface area contributed by atoms with Crippen LogP contribution in [0.1, 0.15) is 18.9 Å². The summed E-state index contributed by atoms with van der Waals surface area (Å²) in [7, 11) is 0. The Balaban J connectivity index is 1.83. The molecular formula is C19H20O2. The van der Waals surface area contributed by atoms with Gasteiger partial charge in [-0.1, -0.05) is 61.2 Å². The van der Waals surface area contributed by atoms with Gasteiger partial charge < -0.3 is 4.74 Å². The molecule has 0 saturated heterocycles. The second-order valence-electron chi connectivity index (χ2n) is 5.08. The molecular weight excluding hydrogens is 260 g/mol. The average Bonchev–Trinajstić information content (AvgIpc) is 2.52. The van der Waals surface area contributed by atoms with Crippen LogP contribution in [0.5, 0.6) is 0 Å². The van der Waals surface area contributed by atoms with Crippen LogP contribution in [0.3, 0.4) is 0 Å². The predicted molar refractivity (Wildman–Crippen MR) is 86.0 cm³/mol. The molecule has 0 aliphatic heterocycles. The first-order valence-electron chi connectivity index (χ1n) is 7.14. The molecule has 2 nitrogen and oxygen atoms in total. The van der Waals surface area contributed by atoms with Crippen molar-refractivity contribution in [1.29, 1.82) is 0 Å². The molecule has 0 heterocycles. The average molecular weight is 280 g/mol. The molecule has 0 atom stereocenters. The largest absolute Gasteiger partial charge is 0.462 e. The first-order chi connectivity index (χ1) is 10.2. The number of carbonyl (C=O) groups is 1. The van der Waals surface area contributed by atoms with E-state index in [2.05, 4.69) is 43.0 Å². The lowest BCUT2D eigenvalue weighted by molar-refractivity contribution is -0.139. The summed E-state index contributed by atoms with van der Waals surface area (Å²) in [5.41, 5.74) is 4.13. The van der Waals surface area contributed by atoms with Crippen molar-refractivity contribution < 1.29 is 9.53 Å². The lowest BCUT2D eigenvalue weighted by atomic mass is 10.0. The fraction of sp³-hybridized carbons (Fsp3) is 0.211. The molecule has 0 aliphatic rings. The van der Waals surface area contributed by atoms with Crippen molar-refractivity contribution in [3.63, 3.8) is 0 Å². The van der Waals surface area contributed by atoms with Crippen LogP contribution in [0.4, 0.5) is 0 Å². The molecule has 0 fully saturated rings. The maximum absolute atomic E-state index is 11.2. The molecule has 0 aromatic heterocycles. The van der Waals surface area contributed by atoms with E-state index in [4.69, 9.17) is 4.74 Å². The maximum Gasteiger partial charge on any atom is 0.333 e. The Kier molecular flexibility index (Phi) is 5.33. The SMILES string of the molecule is C=C(C)C(=O)OCCCc1ccc(-c2ccccc2)cc1. The van der Waals surface area contributed by atoms with Crippen molar-refractivity contribution in [2.45, 2.75) is 19.8 Å². The number of carbonyl (C=O) groups excluding carboxylic acids is 1. The van der Waals surface area contributed by atoms with Crippen LogP contribution in [0, 0.1) is 0 Å². The minimum atomic E-state index is -0.311. The molecule has 0 N–H and O–H groups in total. The molecule has 0 unspecified atom stereocenters. The second-order valence-corrected chi connectivity index (χ2v) is 5.08. The summed E-state index contributed by atoms with van der Waals surface area (Å²) in [5, 5.41) is 0. The van der Waals surface area contributed by atoms with E-state index in [1.54, 1.807) is 6.92 Å². The number of hydrogen-bond acceptors (Lipinski definition) is 2. The monoisotopic (exact) mass is 280 g/mol. The van der Waals surface area contributed by atoms with Crippen LogP contribution in [-0.2, 0) is 16.0 Å². The van der Waals surface area contributed by atoms with Gasteiger partial charge in [-0.05, 0) is 36.5 Å². The highest BCUT2D eigenvalue weighted by Gasteiger charge is 2.02. The van der Waals surface area contributed by atoms with E-state index in [1.807, 2.05) is 18.2 Å². The summed E-state index contributed by atoms with van der Waals surface area (Å²) in [6, 6.07) is 18.8. The van der Waals surface area contributed by atoms with Gasteiger partial charge in [0.2, 0.25) is 0 Å². The van der Waals surface area contributed by atoms with E-state index in [0.29, 0.717) is 12.2 Å². The molecule has 0 amide bonds. The minimum Gasteiger partial charge on any atom is -0.462 e. The van der Waals surface area contributed by atoms with Gasteiger partial charge in [-0.2, -0.15) is 0 Å². The molecule has 2 heteroatoms. The summed E-state index contributed by atoms with van der Waals surface area (Å²) in [6.07, 6.45) is 1.72. The summed E-state index contributed by atoms with van der Waals surface area (Å²) >= 11 is 0. The van der Waals surface area contributed by atoms with Crippen LogP contribution in [0.2, 0.25) is 0 Å². The van der Waals surface area contributed by atoms with Gasteiger partial charge >= 0.3 is 5.97 Å². The zero-order valence-corrected chi connectivity index (χ0v) is 12.3. The van der Waals surface area contributed by atoms with Gasteiger partial charge in [0.25, 0.3) is 0 Å². The Morgan fingerprint density at radius 1 is 1.00 bits per heavy atom. The third-order valence-corrected chi connectivity index (χ3v) is 3.25. The van der Waals surface area contributed by atoms with E-state index in [-0.39, 0.29) is 5.97 Å². The fourth-order valence-corrected chi connectivity index (χ4v) is 2.06. The van der Waals surface area contributed by atoms with Crippen molar-refractivity contribution >= 4 is 5.97 Å². The molecule has 0 spiro atoms. The Morgan fingerprint density at radius 3 is 2.24 bits per heavy atom. The van der Waals surface area contributed by atoms with E-state index in [0.717, 1.165) is 12.8 Å². The minimum absolute atomic E-state index is 0.311. The highest BCUT2D eigenvalue weighted by Crippen LogP contribution is 2.19. The predicted octanol–water partition coefficient (Wildman–Crippen LogP) is 4.41. The van der Waals surface area contributed by atoms with E-state index < -0.39 is 0 Å². The highest BCUT2D eigenvalue weighted by atomic mass is 16.5. The molecule has 2 aromatic rings. The van der Waals surface area contributed by atoms with Gasteiger partial charge in [0.1, 0.15) is 0 Å². The van der Waals surface area contributed by atoms with Crippen molar-refractivity contribution in [1.82, 2.24) is 0 Å². The van der Waals surface area contributed by atoms with Crippen LogP contribution >= 0.6 is 0 Å². The highest BCUT2D eigenvalue weighted by molar-refractivity contribution is 5.86. The van der Waals surface area contributed by atoms with Crippen molar-refractivity contribution in [2.75, 3.05) is 6.61 Å². The van der Waals surface area contributed by atoms with Gasteiger partial charge in [-0.15, -0.1) is 0 Å². The molecule has 2 rings (SSSR count). The van der Waals surface area contributed by atoms with Gasteiger partial charge in [-0.25, -0.2) is 4.79 Å². The smallest absolute Gasteiger partial charge is 0.333 e. The van der Waals surface area contributed by atoms with Gasteiger partial charge in [0.15, 0.2) is 0 Å². The van der Waals surface area contributed by atoms with E-state index >= 15 is 0 Å². The standard InChI is InChI=1S/C19H20O2/c1-15(2)19(20)21-14-6-7-16-10-12-18(13-11-16)17-8-4-3-5-9-17/h3-5,8-13H,1,6-7,14H2,2H3. The number of benzene rings is 2. The van der Waals surface area contributed by atoms with Crippen LogP contribution in [-0.4, -0.2) is 12.6 Å². The van der Waals surface area contributed by atoms with E-state index in [9.17, 15) is 4.79 Å². The van der Waals surface area contributed by atoms with Crippen molar-refractivity contribution in [3.8, 4) is 11.1 Å². The maximum atomic E-state index is 11.2. The number of rotatable bonds is 6. The van der Waals surface area contributed by atoms with Gasteiger partial charge in [-0.3, -0.25) is 0 Å². The Morgan fingerprint density at radius 2 is 1.62 bits per heavy atom. The number of ether oxygens (including phenoxy) is 1. The van der Waals surface area contributed by atoms with E-state index in [1.165, 1.54) is 16.7 Å². The molecule has 0 saturated carbocycles. The van der Waals surface area contributed by atoms with Crippen LogP contribution < -0.4 is 0 Å². The number of aryl methyl sites for hydroxylation is 1. The van der Waals surface area contributed by atoms with Crippen molar-refractivity contribution in [2.24, 2.45) is 0 Å². The van der Waals surface area contributed by atoms with Gasteiger partial charge in [0, 0.05) is 5.57 Å². The molecule has 21 heavy (non-hydrogen) atoms. The third kappa shape index (κ3) is 4.60. The molecule has 0 radical (unpaired) electrons. The zero-order chi connectivity index (χ0) is 15.1. The summed E-state index contributed by atoms with van der Waals surface area (Å²) in [4.78, 5) is 11.2. The zero-order valence-electron chi connectivity index (χ0n) is 12.3. The molecule has 0 bridgehead atoms. The quantitative estimate of drug-likeness (QED) is 0.445. The Hall–Kier alpha value is -2.35. The van der Waals surface area contributed by atoms with Crippen molar-refractivity contribution in [3.05, 3.63) is 72.3 Å². The fourth-order valence-electron chi connectivity index (χ4n) is 2.06. The molecule has 0 aliphatic carbocycles. The summed E-state index contributed by atoms with van der Waals surface area (Å²) in [6.45, 7) is 5.65.